The first-order valence-corrected chi connectivity index (χ1v) is 8.85. The minimum absolute atomic E-state index is 0.0375. The van der Waals surface area contributed by atoms with E-state index in [2.05, 4.69) is 0 Å². The number of nitrogens with zero attached hydrogens (tertiary/aromatic N) is 1. The van der Waals surface area contributed by atoms with Crippen LogP contribution in [-0.4, -0.2) is 44.1 Å². The Hall–Kier alpha value is -1.11. The number of sulfonamides is 1. The molecule has 0 amide bonds. The van der Waals surface area contributed by atoms with E-state index < -0.39 is 10.0 Å². The summed E-state index contributed by atoms with van der Waals surface area (Å²) in [4.78, 5) is 0.282. The molecule has 1 fully saturated rings. The van der Waals surface area contributed by atoms with E-state index in [1.54, 1.807) is 24.3 Å². The third kappa shape index (κ3) is 3.96. The molecule has 0 aliphatic carbocycles. The average molecular weight is 313 g/mol. The second-order valence-electron chi connectivity index (χ2n) is 5.37. The van der Waals surface area contributed by atoms with Crippen LogP contribution >= 0.6 is 0 Å². The Morgan fingerprint density at radius 3 is 2.67 bits per heavy atom. The zero-order valence-corrected chi connectivity index (χ0v) is 13.2. The van der Waals surface area contributed by atoms with E-state index in [0.29, 0.717) is 25.4 Å². The summed E-state index contributed by atoms with van der Waals surface area (Å²) in [6, 6.07) is 6.55. The quantitative estimate of drug-likeness (QED) is 0.870. The minimum Gasteiger partial charge on any atom is -0.494 e. The first kappa shape index (κ1) is 16.3. The van der Waals surface area contributed by atoms with E-state index in [-0.39, 0.29) is 17.4 Å². The number of rotatable bonds is 6. The van der Waals surface area contributed by atoms with Crippen molar-refractivity contribution in [2.45, 2.75) is 31.1 Å². The molecule has 21 heavy (non-hydrogen) atoms. The summed E-state index contributed by atoms with van der Waals surface area (Å²) in [6.07, 6.45) is 2.59. The van der Waals surface area contributed by atoms with Crippen molar-refractivity contribution in [2.75, 3.05) is 26.3 Å². The zero-order valence-electron chi connectivity index (χ0n) is 12.4. The summed E-state index contributed by atoms with van der Waals surface area (Å²) >= 11 is 0. The summed E-state index contributed by atoms with van der Waals surface area (Å²) < 4.78 is 32.1. The maximum absolute atomic E-state index is 12.6. The van der Waals surface area contributed by atoms with Gasteiger partial charge in [-0.05, 0) is 49.4 Å². The molecule has 5 nitrogen and oxygen atoms in total. The number of ether oxygens (including phenoxy) is 1. The van der Waals surface area contributed by atoms with Crippen LogP contribution in [0.15, 0.2) is 29.2 Å². The van der Waals surface area contributed by atoms with E-state index >= 15 is 0 Å². The van der Waals surface area contributed by atoms with Gasteiger partial charge in [0.05, 0.1) is 11.5 Å². The lowest BCUT2D eigenvalue weighted by Crippen LogP contribution is -2.40. The molecule has 0 saturated carbocycles. The third-order valence-electron chi connectivity index (χ3n) is 3.67. The second-order valence-corrected chi connectivity index (χ2v) is 7.31. The van der Waals surface area contributed by atoms with Gasteiger partial charge >= 0.3 is 0 Å². The van der Waals surface area contributed by atoms with Gasteiger partial charge in [-0.15, -0.1) is 0 Å². The normalized spacial score (nSPS) is 20.4. The van der Waals surface area contributed by atoms with E-state index in [1.165, 1.54) is 4.31 Å². The van der Waals surface area contributed by atoms with Gasteiger partial charge in [0.2, 0.25) is 10.0 Å². The Morgan fingerprint density at radius 2 is 2.05 bits per heavy atom. The van der Waals surface area contributed by atoms with Crippen molar-refractivity contribution in [3.05, 3.63) is 24.3 Å². The number of hydrogen-bond donors (Lipinski definition) is 1. The molecule has 1 aliphatic heterocycles. The summed E-state index contributed by atoms with van der Waals surface area (Å²) in [5, 5.41) is 9.23. The van der Waals surface area contributed by atoms with Crippen LogP contribution in [0.1, 0.15) is 26.2 Å². The second kappa shape index (κ2) is 7.24. The Morgan fingerprint density at radius 1 is 1.33 bits per heavy atom. The van der Waals surface area contributed by atoms with Crippen molar-refractivity contribution < 1.29 is 18.3 Å². The van der Waals surface area contributed by atoms with Crippen LogP contribution in [0.3, 0.4) is 0 Å². The SMILES string of the molecule is CCCOc1ccc(S(=O)(=O)N2CCCC(CO)C2)cc1. The Balaban J connectivity index is 2.11. The topological polar surface area (TPSA) is 66.8 Å². The molecule has 0 aromatic heterocycles. The fourth-order valence-corrected chi connectivity index (χ4v) is 4.03. The molecule has 0 bridgehead atoms. The number of benzene rings is 1. The molecule has 1 heterocycles. The van der Waals surface area contributed by atoms with Gasteiger partial charge in [0.1, 0.15) is 5.75 Å². The maximum atomic E-state index is 12.6. The molecule has 0 spiro atoms. The molecular formula is C15H23NO4S. The van der Waals surface area contributed by atoms with Gasteiger partial charge in [0, 0.05) is 19.7 Å². The highest BCUT2D eigenvalue weighted by Gasteiger charge is 2.29. The lowest BCUT2D eigenvalue weighted by molar-refractivity contribution is 0.165. The van der Waals surface area contributed by atoms with Gasteiger partial charge in [-0.1, -0.05) is 6.92 Å². The van der Waals surface area contributed by atoms with Crippen LogP contribution in [0.2, 0.25) is 0 Å². The summed E-state index contributed by atoms with van der Waals surface area (Å²) in [6.45, 7) is 3.60. The zero-order chi connectivity index (χ0) is 15.3. The van der Waals surface area contributed by atoms with Gasteiger partial charge in [0.15, 0.2) is 0 Å². The first-order chi connectivity index (χ1) is 10.1. The van der Waals surface area contributed by atoms with Crippen molar-refractivity contribution >= 4 is 10.0 Å². The molecule has 6 heteroatoms. The Bertz CT molecular complexity index is 541. The Labute approximate surface area is 126 Å². The first-order valence-electron chi connectivity index (χ1n) is 7.41. The van der Waals surface area contributed by atoms with E-state index in [9.17, 15) is 13.5 Å². The lowest BCUT2D eigenvalue weighted by atomic mass is 10.0. The highest BCUT2D eigenvalue weighted by Crippen LogP contribution is 2.24. The predicted octanol–water partition coefficient (Wildman–Crippen LogP) is 1.87. The number of piperidine rings is 1. The molecule has 1 atom stereocenters. The smallest absolute Gasteiger partial charge is 0.243 e. The summed E-state index contributed by atoms with van der Waals surface area (Å²) in [7, 11) is -3.48. The van der Waals surface area contributed by atoms with Crippen LogP contribution in [0.5, 0.6) is 5.75 Å². The van der Waals surface area contributed by atoms with Crippen LogP contribution < -0.4 is 4.74 Å². The fraction of sp³-hybridized carbons (Fsp3) is 0.600. The monoisotopic (exact) mass is 313 g/mol. The van der Waals surface area contributed by atoms with Gasteiger partial charge in [0.25, 0.3) is 0 Å². The number of hydrogen-bond acceptors (Lipinski definition) is 4. The summed E-state index contributed by atoms with van der Waals surface area (Å²) in [5.41, 5.74) is 0. The largest absolute Gasteiger partial charge is 0.494 e. The highest BCUT2D eigenvalue weighted by atomic mass is 32.2. The fourth-order valence-electron chi connectivity index (χ4n) is 2.47. The molecule has 1 saturated heterocycles. The van der Waals surface area contributed by atoms with Crippen molar-refractivity contribution in [3.8, 4) is 5.75 Å². The van der Waals surface area contributed by atoms with E-state index in [4.69, 9.17) is 4.74 Å². The van der Waals surface area contributed by atoms with Crippen LogP contribution in [0.25, 0.3) is 0 Å². The molecular weight excluding hydrogens is 290 g/mol. The van der Waals surface area contributed by atoms with Crippen molar-refractivity contribution in [1.29, 1.82) is 0 Å². The number of aliphatic hydroxyl groups is 1. The maximum Gasteiger partial charge on any atom is 0.243 e. The molecule has 1 aromatic rings. The molecule has 1 aromatic carbocycles. The molecule has 2 rings (SSSR count). The molecule has 1 unspecified atom stereocenters. The van der Waals surface area contributed by atoms with Crippen molar-refractivity contribution in [1.82, 2.24) is 4.31 Å². The van der Waals surface area contributed by atoms with Gasteiger partial charge in [-0.3, -0.25) is 0 Å². The van der Waals surface area contributed by atoms with Crippen LogP contribution in [0, 0.1) is 5.92 Å². The van der Waals surface area contributed by atoms with Crippen molar-refractivity contribution in [2.24, 2.45) is 5.92 Å². The molecule has 1 N–H and O–H groups in total. The molecule has 0 radical (unpaired) electrons. The summed E-state index contributed by atoms with van der Waals surface area (Å²) in [5.74, 6) is 0.725. The third-order valence-corrected chi connectivity index (χ3v) is 5.55. The average Bonchev–Trinajstić information content (AvgIpc) is 2.53. The number of aliphatic hydroxyl groups excluding tert-OH is 1. The van der Waals surface area contributed by atoms with Crippen LogP contribution in [0.4, 0.5) is 0 Å². The predicted molar refractivity (Wildman–Crippen MR) is 80.8 cm³/mol. The van der Waals surface area contributed by atoms with Gasteiger partial charge in [-0.2, -0.15) is 4.31 Å². The standard InChI is InChI=1S/C15H23NO4S/c1-2-10-20-14-5-7-15(8-6-14)21(18,19)16-9-3-4-13(11-16)12-17/h5-8,13,17H,2-4,9-12H2,1H3. The van der Waals surface area contributed by atoms with E-state index in [0.717, 1.165) is 19.3 Å². The lowest BCUT2D eigenvalue weighted by Gasteiger charge is -2.30. The van der Waals surface area contributed by atoms with Gasteiger partial charge in [-0.25, -0.2) is 8.42 Å². The van der Waals surface area contributed by atoms with Crippen LogP contribution in [-0.2, 0) is 10.0 Å². The molecule has 1 aliphatic rings. The Kier molecular flexibility index (Phi) is 5.61. The highest BCUT2D eigenvalue weighted by molar-refractivity contribution is 7.89. The van der Waals surface area contributed by atoms with Crippen molar-refractivity contribution in [3.63, 3.8) is 0 Å². The minimum atomic E-state index is -3.48. The van der Waals surface area contributed by atoms with Gasteiger partial charge < -0.3 is 9.84 Å². The van der Waals surface area contributed by atoms with E-state index in [1.807, 2.05) is 6.92 Å². The molecule has 118 valence electrons.